The zero-order chi connectivity index (χ0) is 19.3. The Morgan fingerprint density at radius 2 is 1.69 bits per heavy atom. The first-order valence-electron chi connectivity index (χ1n) is 8.33. The molecular weight excluding hydrogens is 343 g/mol. The van der Waals surface area contributed by atoms with Crippen molar-refractivity contribution in [3.63, 3.8) is 0 Å². The fourth-order valence-corrected chi connectivity index (χ4v) is 2.69. The van der Waals surface area contributed by atoms with E-state index in [0.717, 1.165) is 18.3 Å². The third-order valence-electron chi connectivity index (χ3n) is 3.97. The van der Waals surface area contributed by atoms with E-state index in [-0.39, 0.29) is 5.69 Å². The van der Waals surface area contributed by atoms with Crippen LogP contribution in [0.2, 0.25) is 0 Å². The molecule has 0 spiro atoms. The largest absolute Gasteiger partial charge is 0.418 e. The maximum atomic E-state index is 13.0. The van der Waals surface area contributed by atoms with Crippen molar-refractivity contribution in [1.29, 1.82) is 0 Å². The van der Waals surface area contributed by atoms with E-state index in [4.69, 9.17) is 0 Å². The van der Waals surface area contributed by atoms with Gasteiger partial charge in [0.15, 0.2) is 0 Å². The number of alkyl halides is 3. The number of carbonyl (C=O) groups is 1. The number of benzene rings is 2. The van der Waals surface area contributed by atoms with Crippen molar-refractivity contribution >= 4 is 17.3 Å². The predicted octanol–water partition coefficient (Wildman–Crippen LogP) is 4.70. The molecule has 4 nitrogen and oxygen atoms in total. The molecule has 0 aliphatic heterocycles. The second-order valence-corrected chi connectivity index (χ2v) is 6.05. The molecule has 1 amide bonds. The second-order valence-electron chi connectivity index (χ2n) is 6.05. The molecule has 26 heavy (non-hydrogen) atoms. The number of halogens is 3. The first-order valence-corrected chi connectivity index (χ1v) is 8.33. The average Bonchev–Trinajstić information content (AvgIpc) is 2.60. The van der Waals surface area contributed by atoms with Crippen LogP contribution in [0.3, 0.4) is 0 Å². The zero-order valence-corrected chi connectivity index (χ0v) is 14.9. The molecule has 0 fully saturated rings. The van der Waals surface area contributed by atoms with E-state index in [1.165, 1.54) is 18.2 Å². The smallest absolute Gasteiger partial charge is 0.369 e. The summed E-state index contributed by atoms with van der Waals surface area (Å²) in [4.78, 5) is 14.4. The molecule has 0 bridgehead atoms. The van der Waals surface area contributed by atoms with Crippen LogP contribution < -0.4 is 15.8 Å². The van der Waals surface area contributed by atoms with Gasteiger partial charge in [-0.2, -0.15) is 13.2 Å². The van der Waals surface area contributed by atoms with Gasteiger partial charge < -0.3 is 4.90 Å². The van der Waals surface area contributed by atoms with Gasteiger partial charge in [0.1, 0.15) is 0 Å². The Morgan fingerprint density at radius 1 is 1.08 bits per heavy atom. The zero-order valence-electron chi connectivity index (χ0n) is 14.9. The number of carbonyl (C=O) groups excluding carboxylic acids is 1. The number of rotatable bonds is 6. The first-order chi connectivity index (χ1) is 12.2. The highest BCUT2D eigenvalue weighted by molar-refractivity contribution is 5.95. The lowest BCUT2D eigenvalue weighted by atomic mass is 10.1. The molecule has 0 aromatic heterocycles. The summed E-state index contributed by atoms with van der Waals surface area (Å²) in [6.07, 6.45) is -4.50. The first kappa shape index (κ1) is 19.6. The molecule has 0 saturated carbocycles. The maximum Gasteiger partial charge on any atom is 0.418 e. The van der Waals surface area contributed by atoms with Gasteiger partial charge in [0.05, 0.1) is 11.3 Å². The molecule has 0 aliphatic rings. The van der Waals surface area contributed by atoms with E-state index in [0.29, 0.717) is 11.6 Å². The SMILES string of the molecule is CCN(c1ccc(C(=O)NNc2ccccc2C(F)(F)F)cc1)C(C)C. The van der Waals surface area contributed by atoms with Gasteiger partial charge in [-0.3, -0.25) is 15.6 Å². The Kier molecular flexibility index (Phi) is 6.13. The highest BCUT2D eigenvalue weighted by atomic mass is 19.4. The number of nitrogens with zero attached hydrogens (tertiary/aromatic N) is 1. The van der Waals surface area contributed by atoms with Gasteiger partial charge in [0.25, 0.3) is 5.91 Å². The summed E-state index contributed by atoms with van der Waals surface area (Å²) in [5.41, 5.74) is 4.95. The van der Waals surface area contributed by atoms with Crippen LogP contribution in [0, 0.1) is 0 Å². The van der Waals surface area contributed by atoms with Crippen molar-refractivity contribution in [1.82, 2.24) is 5.43 Å². The summed E-state index contributed by atoms with van der Waals surface area (Å²) in [5.74, 6) is -0.513. The number of para-hydroxylation sites is 1. The Morgan fingerprint density at radius 3 is 2.23 bits per heavy atom. The molecule has 2 aromatic carbocycles. The van der Waals surface area contributed by atoms with Gasteiger partial charge >= 0.3 is 6.18 Å². The number of hydrogen-bond donors (Lipinski definition) is 2. The van der Waals surface area contributed by atoms with Crippen LogP contribution in [0.5, 0.6) is 0 Å². The third-order valence-corrected chi connectivity index (χ3v) is 3.97. The van der Waals surface area contributed by atoms with E-state index >= 15 is 0 Å². The molecule has 2 aromatic rings. The fourth-order valence-electron chi connectivity index (χ4n) is 2.69. The van der Waals surface area contributed by atoms with Crippen LogP contribution in [0.25, 0.3) is 0 Å². The van der Waals surface area contributed by atoms with Crippen molar-refractivity contribution < 1.29 is 18.0 Å². The monoisotopic (exact) mass is 365 g/mol. The Labute approximate surface area is 151 Å². The van der Waals surface area contributed by atoms with Crippen LogP contribution in [-0.2, 0) is 6.18 Å². The minimum absolute atomic E-state index is 0.207. The molecule has 2 rings (SSSR count). The summed E-state index contributed by atoms with van der Waals surface area (Å²) in [7, 11) is 0. The lowest BCUT2D eigenvalue weighted by molar-refractivity contribution is -0.137. The van der Waals surface area contributed by atoms with E-state index in [1.54, 1.807) is 12.1 Å². The summed E-state index contributed by atoms with van der Waals surface area (Å²) >= 11 is 0. The van der Waals surface area contributed by atoms with Crippen molar-refractivity contribution in [3.8, 4) is 0 Å². The topological polar surface area (TPSA) is 44.4 Å². The van der Waals surface area contributed by atoms with Gasteiger partial charge in [-0.05, 0) is 57.2 Å². The molecule has 0 heterocycles. The summed E-state index contributed by atoms with van der Waals surface area (Å²) < 4.78 is 38.9. The molecular formula is C19H22F3N3O. The highest BCUT2D eigenvalue weighted by Gasteiger charge is 2.33. The standard InChI is InChI=1S/C19H22F3N3O/c1-4-25(13(2)3)15-11-9-14(10-12-15)18(26)24-23-17-8-6-5-7-16(17)19(20,21)22/h5-13,23H,4H2,1-3H3,(H,24,26). The van der Waals surface area contributed by atoms with E-state index < -0.39 is 17.6 Å². The quantitative estimate of drug-likeness (QED) is 0.730. The third kappa shape index (κ3) is 4.68. The molecule has 7 heteroatoms. The minimum Gasteiger partial charge on any atom is -0.369 e. The molecule has 0 aliphatic carbocycles. The number of anilines is 2. The van der Waals surface area contributed by atoms with Gasteiger partial charge in [0, 0.05) is 23.8 Å². The van der Waals surface area contributed by atoms with Gasteiger partial charge in [-0.1, -0.05) is 12.1 Å². The number of amides is 1. The molecule has 0 atom stereocenters. The summed E-state index contributed by atoms with van der Waals surface area (Å²) in [5, 5.41) is 0. The van der Waals surface area contributed by atoms with Gasteiger partial charge in [0.2, 0.25) is 0 Å². The van der Waals surface area contributed by atoms with Gasteiger partial charge in [-0.15, -0.1) is 0 Å². The second kappa shape index (κ2) is 8.12. The minimum atomic E-state index is -4.50. The van der Waals surface area contributed by atoms with Crippen LogP contribution in [0.4, 0.5) is 24.5 Å². The Balaban J connectivity index is 2.08. The van der Waals surface area contributed by atoms with Crippen molar-refractivity contribution in [2.45, 2.75) is 33.0 Å². The van der Waals surface area contributed by atoms with Crippen molar-refractivity contribution in [3.05, 3.63) is 59.7 Å². The Bertz CT molecular complexity index is 742. The van der Waals surface area contributed by atoms with Crippen LogP contribution in [-0.4, -0.2) is 18.5 Å². The van der Waals surface area contributed by atoms with Crippen molar-refractivity contribution in [2.75, 3.05) is 16.9 Å². The fraction of sp³-hybridized carbons (Fsp3) is 0.316. The maximum absolute atomic E-state index is 13.0. The van der Waals surface area contributed by atoms with Gasteiger partial charge in [-0.25, -0.2) is 0 Å². The molecule has 0 unspecified atom stereocenters. The lowest BCUT2D eigenvalue weighted by Gasteiger charge is -2.27. The van der Waals surface area contributed by atoms with E-state index in [2.05, 4.69) is 29.6 Å². The van der Waals surface area contributed by atoms with Crippen LogP contribution in [0.1, 0.15) is 36.7 Å². The highest BCUT2D eigenvalue weighted by Crippen LogP contribution is 2.34. The molecule has 0 radical (unpaired) electrons. The average molecular weight is 365 g/mol. The van der Waals surface area contributed by atoms with Crippen molar-refractivity contribution in [2.24, 2.45) is 0 Å². The number of hydrogen-bond acceptors (Lipinski definition) is 3. The lowest BCUT2D eigenvalue weighted by Crippen LogP contribution is -2.31. The van der Waals surface area contributed by atoms with E-state index in [1.807, 2.05) is 19.1 Å². The molecule has 140 valence electrons. The molecule has 0 saturated heterocycles. The number of hydrazine groups is 1. The van der Waals surface area contributed by atoms with Crippen LogP contribution in [0.15, 0.2) is 48.5 Å². The molecule has 2 N–H and O–H groups in total. The summed E-state index contributed by atoms with van der Waals surface area (Å²) in [6.45, 7) is 7.03. The normalized spacial score (nSPS) is 11.3. The summed E-state index contributed by atoms with van der Waals surface area (Å²) in [6, 6.07) is 12.2. The number of nitrogens with one attached hydrogen (secondary N) is 2. The Hall–Kier alpha value is -2.70. The van der Waals surface area contributed by atoms with E-state index in [9.17, 15) is 18.0 Å². The predicted molar refractivity (Wildman–Crippen MR) is 97.1 cm³/mol. The van der Waals surface area contributed by atoms with Crippen LogP contribution >= 0.6 is 0 Å².